The minimum Gasteiger partial charge on any atom is -0.395 e. The van der Waals surface area contributed by atoms with Gasteiger partial charge in [-0.15, -0.1) is 0 Å². The lowest BCUT2D eigenvalue weighted by Crippen LogP contribution is -2.47. The molecular formula is C16H20Cl2N6O. The molecule has 2 aromatic rings. The van der Waals surface area contributed by atoms with Gasteiger partial charge in [-0.2, -0.15) is 0 Å². The lowest BCUT2D eigenvalue weighted by molar-refractivity contribution is 0.188. The first-order chi connectivity index (χ1) is 12.1. The standard InChI is InChI=1S/C16H20Cl2N6O/c17-12-2-1-11(9-13(12)18)22-15-14(19)16(21-10-20-15)24-5-3-23(4-6-24)7-8-25/h1-2,9-10,25H,3-8,19H2,(H,20,21,22). The summed E-state index contributed by atoms with van der Waals surface area (Å²) in [6, 6.07) is 5.24. The summed E-state index contributed by atoms with van der Waals surface area (Å²) in [5.74, 6) is 1.24. The molecule has 0 saturated carbocycles. The number of β-amino-alcohol motifs (C(OH)–C–C–N with tert-alkyl or cyclic N) is 1. The van der Waals surface area contributed by atoms with Crippen LogP contribution >= 0.6 is 23.2 Å². The molecule has 3 rings (SSSR count). The molecule has 25 heavy (non-hydrogen) atoms. The average molecular weight is 383 g/mol. The number of nitrogens with two attached hydrogens (primary N) is 1. The van der Waals surface area contributed by atoms with Gasteiger partial charge in [-0.3, -0.25) is 4.90 Å². The highest BCUT2D eigenvalue weighted by atomic mass is 35.5. The first kappa shape index (κ1) is 18.0. The Morgan fingerprint density at radius 3 is 2.56 bits per heavy atom. The Labute approximate surface area is 156 Å². The van der Waals surface area contributed by atoms with E-state index in [1.54, 1.807) is 12.1 Å². The lowest BCUT2D eigenvalue weighted by Gasteiger charge is -2.35. The van der Waals surface area contributed by atoms with Crippen molar-refractivity contribution < 1.29 is 5.11 Å². The van der Waals surface area contributed by atoms with Crippen molar-refractivity contribution >= 4 is 46.2 Å². The first-order valence-electron chi connectivity index (χ1n) is 7.99. The van der Waals surface area contributed by atoms with Crippen molar-refractivity contribution in [1.82, 2.24) is 14.9 Å². The van der Waals surface area contributed by atoms with Crippen LogP contribution < -0.4 is 16.0 Å². The number of rotatable bonds is 5. The molecule has 9 heteroatoms. The van der Waals surface area contributed by atoms with E-state index < -0.39 is 0 Å². The number of hydrogen-bond acceptors (Lipinski definition) is 7. The minimum atomic E-state index is 0.174. The highest BCUT2D eigenvalue weighted by Gasteiger charge is 2.21. The second-order valence-corrected chi connectivity index (χ2v) is 6.58. The molecule has 0 aliphatic carbocycles. The molecule has 1 saturated heterocycles. The van der Waals surface area contributed by atoms with Crippen LogP contribution in [0, 0.1) is 0 Å². The summed E-state index contributed by atoms with van der Waals surface area (Å²) in [4.78, 5) is 12.9. The molecule has 0 radical (unpaired) electrons. The Balaban J connectivity index is 1.75. The zero-order chi connectivity index (χ0) is 17.8. The quantitative estimate of drug-likeness (QED) is 0.729. The van der Waals surface area contributed by atoms with Crippen molar-refractivity contribution in [2.45, 2.75) is 0 Å². The van der Waals surface area contributed by atoms with Gasteiger partial charge in [0.2, 0.25) is 0 Å². The third-order valence-corrected chi connectivity index (χ3v) is 4.87. The molecule has 1 aromatic heterocycles. The summed E-state index contributed by atoms with van der Waals surface area (Å²) in [5, 5.41) is 13.1. The summed E-state index contributed by atoms with van der Waals surface area (Å²) >= 11 is 12.0. The molecule has 1 aliphatic heterocycles. The zero-order valence-corrected chi connectivity index (χ0v) is 15.1. The number of halogens is 2. The molecule has 1 aromatic carbocycles. The zero-order valence-electron chi connectivity index (χ0n) is 13.6. The molecule has 7 nitrogen and oxygen atoms in total. The molecule has 1 fully saturated rings. The van der Waals surface area contributed by atoms with Crippen LogP contribution in [0.25, 0.3) is 0 Å². The Bertz CT molecular complexity index is 737. The molecule has 1 aliphatic rings. The van der Waals surface area contributed by atoms with Crippen molar-refractivity contribution in [2.24, 2.45) is 0 Å². The van der Waals surface area contributed by atoms with Crippen LogP contribution in [-0.4, -0.2) is 59.3 Å². The van der Waals surface area contributed by atoms with Crippen LogP contribution in [0.5, 0.6) is 0 Å². The summed E-state index contributed by atoms with van der Waals surface area (Å²) in [5.41, 5.74) is 7.52. The molecule has 0 unspecified atom stereocenters. The number of piperazine rings is 1. The summed E-state index contributed by atoms with van der Waals surface area (Å²) < 4.78 is 0. The molecular weight excluding hydrogens is 363 g/mol. The van der Waals surface area contributed by atoms with E-state index in [4.69, 9.17) is 34.0 Å². The summed E-state index contributed by atoms with van der Waals surface area (Å²) in [6.45, 7) is 4.19. The second-order valence-electron chi connectivity index (χ2n) is 5.77. The van der Waals surface area contributed by atoms with Gasteiger partial charge in [-0.25, -0.2) is 9.97 Å². The predicted molar refractivity (Wildman–Crippen MR) is 102 cm³/mol. The number of anilines is 4. The van der Waals surface area contributed by atoms with Gasteiger partial charge in [0.05, 0.1) is 16.7 Å². The van der Waals surface area contributed by atoms with E-state index in [1.807, 2.05) is 6.07 Å². The predicted octanol–water partition coefficient (Wildman–Crippen LogP) is 2.22. The van der Waals surface area contributed by atoms with Gasteiger partial charge < -0.3 is 21.1 Å². The Morgan fingerprint density at radius 2 is 1.88 bits per heavy atom. The Morgan fingerprint density at radius 1 is 1.12 bits per heavy atom. The highest BCUT2D eigenvalue weighted by molar-refractivity contribution is 6.42. The average Bonchev–Trinajstić information content (AvgIpc) is 2.61. The van der Waals surface area contributed by atoms with E-state index >= 15 is 0 Å². The van der Waals surface area contributed by atoms with E-state index in [9.17, 15) is 0 Å². The first-order valence-corrected chi connectivity index (χ1v) is 8.75. The van der Waals surface area contributed by atoms with Gasteiger partial charge >= 0.3 is 0 Å². The van der Waals surface area contributed by atoms with Crippen molar-refractivity contribution in [2.75, 3.05) is 55.3 Å². The van der Waals surface area contributed by atoms with Crippen LogP contribution in [0.2, 0.25) is 10.0 Å². The molecule has 4 N–H and O–H groups in total. The van der Waals surface area contributed by atoms with Crippen LogP contribution in [0.1, 0.15) is 0 Å². The van der Waals surface area contributed by atoms with E-state index in [-0.39, 0.29) is 6.61 Å². The van der Waals surface area contributed by atoms with Crippen LogP contribution in [0.3, 0.4) is 0 Å². The fourth-order valence-corrected chi connectivity index (χ4v) is 3.07. The van der Waals surface area contributed by atoms with Gasteiger partial charge in [-0.05, 0) is 18.2 Å². The third kappa shape index (κ3) is 4.24. The Kier molecular flexibility index (Phi) is 5.80. The third-order valence-electron chi connectivity index (χ3n) is 4.13. The van der Waals surface area contributed by atoms with Crippen molar-refractivity contribution in [3.05, 3.63) is 34.6 Å². The highest BCUT2D eigenvalue weighted by Crippen LogP contribution is 2.31. The number of aliphatic hydroxyl groups excluding tert-OH is 1. The van der Waals surface area contributed by atoms with Gasteiger partial charge in [0.25, 0.3) is 0 Å². The normalized spacial score (nSPS) is 15.4. The topological polar surface area (TPSA) is 90.5 Å². The number of nitrogen functional groups attached to an aromatic ring is 1. The van der Waals surface area contributed by atoms with Crippen molar-refractivity contribution in [3.63, 3.8) is 0 Å². The molecule has 0 atom stereocenters. The summed E-state index contributed by atoms with van der Waals surface area (Å²) in [7, 11) is 0. The number of hydrogen-bond donors (Lipinski definition) is 3. The van der Waals surface area contributed by atoms with E-state index in [0.717, 1.165) is 31.9 Å². The number of aromatic nitrogens is 2. The molecule has 0 bridgehead atoms. The van der Waals surface area contributed by atoms with Gasteiger partial charge in [0.15, 0.2) is 11.6 Å². The Hall–Kier alpha value is -1.80. The molecule has 134 valence electrons. The van der Waals surface area contributed by atoms with E-state index in [0.29, 0.717) is 33.9 Å². The number of nitrogens with one attached hydrogen (secondary N) is 1. The largest absolute Gasteiger partial charge is 0.395 e. The summed E-state index contributed by atoms with van der Waals surface area (Å²) in [6.07, 6.45) is 1.49. The minimum absolute atomic E-state index is 0.174. The van der Waals surface area contributed by atoms with Crippen molar-refractivity contribution in [3.8, 4) is 0 Å². The molecule has 2 heterocycles. The van der Waals surface area contributed by atoms with Gasteiger partial charge in [0, 0.05) is 38.4 Å². The van der Waals surface area contributed by atoms with E-state index in [2.05, 4.69) is 25.1 Å². The fraction of sp³-hybridized carbons (Fsp3) is 0.375. The van der Waals surface area contributed by atoms with Gasteiger partial charge in [-0.1, -0.05) is 23.2 Å². The second kappa shape index (κ2) is 8.05. The fourth-order valence-electron chi connectivity index (χ4n) is 2.77. The van der Waals surface area contributed by atoms with Crippen LogP contribution in [0.15, 0.2) is 24.5 Å². The maximum absolute atomic E-state index is 9.04. The number of benzene rings is 1. The number of nitrogens with zero attached hydrogens (tertiary/aromatic N) is 4. The lowest BCUT2D eigenvalue weighted by atomic mass is 10.2. The maximum atomic E-state index is 9.04. The monoisotopic (exact) mass is 382 g/mol. The molecule has 0 amide bonds. The van der Waals surface area contributed by atoms with E-state index in [1.165, 1.54) is 6.33 Å². The SMILES string of the molecule is Nc1c(Nc2ccc(Cl)c(Cl)c2)ncnc1N1CCN(CCO)CC1. The smallest absolute Gasteiger partial charge is 0.159 e. The van der Waals surface area contributed by atoms with Crippen LogP contribution in [-0.2, 0) is 0 Å². The number of aliphatic hydroxyl groups is 1. The van der Waals surface area contributed by atoms with Gasteiger partial charge in [0.1, 0.15) is 12.0 Å². The molecule has 0 spiro atoms. The van der Waals surface area contributed by atoms with Crippen molar-refractivity contribution in [1.29, 1.82) is 0 Å². The maximum Gasteiger partial charge on any atom is 0.159 e. The van der Waals surface area contributed by atoms with Crippen LogP contribution in [0.4, 0.5) is 23.0 Å².